The van der Waals surface area contributed by atoms with E-state index in [0.29, 0.717) is 6.61 Å². The Balaban J connectivity index is 2.80. The molecule has 0 bridgehead atoms. The number of hydrogen-bond donors (Lipinski definition) is 1. The summed E-state index contributed by atoms with van der Waals surface area (Å²) in [7, 11) is -1.99. The van der Waals surface area contributed by atoms with E-state index in [-0.39, 0.29) is 16.8 Å². The predicted molar refractivity (Wildman–Crippen MR) is 72.6 cm³/mol. The third-order valence-corrected chi connectivity index (χ3v) is 4.33. The van der Waals surface area contributed by atoms with Crippen LogP contribution in [0.2, 0.25) is 0 Å². The van der Waals surface area contributed by atoms with Crippen molar-refractivity contribution < 1.29 is 13.2 Å². The monoisotopic (exact) mass is 291 g/mol. The molecular formula is C12H18ClNO3S. The number of sulfonamides is 1. The SMILES string of the molecule is COCC(Cl)CNS(=O)(=O)c1ccc(C)cc1C. The Bertz CT molecular complexity index is 502. The summed E-state index contributed by atoms with van der Waals surface area (Å²) < 4.78 is 31.5. The second-order valence-electron chi connectivity index (χ2n) is 4.17. The number of hydrogen-bond acceptors (Lipinski definition) is 3. The van der Waals surface area contributed by atoms with Crippen molar-refractivity contribution in [3.05, 3.63) is 29.3 Å². The smallest absolute Gasteiger partial charge is 0.240 e. The predicted octanol–water partition coefficient (Wildman–Crippen LogP) is 1.84. The van der Waals surface area contributed by atoms with Crippen LogP contribution in [0.1, 0.15) is 11.1 Å². The summed E-state index contributed by atoms with van der Waals surface area (Å²) in [5, 5.41) is -0.379. The molecule has 0 aliphatic rings. The lowest BCUT2D eigenvalue weighted by Gasteiger charge is -2.12. The van der Waals surface area contributed by atoms with Crippen molar-refractivity contribution in [2.75, 3.05) is 20.3 Å². The Morgan fingerprint density at radius 2 is 2.06 bits per heavy atom. The van der Waals surface area contributed by atoms with E-state index in [1.54, 1.807) is 19.1 Å². The zero-order valence-electron chi connectivity index (χ0n) is 10.7. The summed E-state index contributed by atoms with van der Waals surface area (Å²) in [5.74, 6) is 0. The van der Waals surface area contributed by atoms with E-state index < -0.39 is 10.0 Å². The lowest BCUT2D eigenvalue weighted by Crippen LogP contribution is -2.32. The first kappa shape index (κ1) is 15.4. The van der Waals surface area contributed by atoms with Gasteiger partial charge >= 0.3 is 0 Å². The lowest BCUT2D eigenvalue weighted by molar-refractivity contribution is 0.198. The number of ether oxygens (including phenoxy) is 1. The molecule has 0 heterocycles. The molecule has 0 fully saturated rings. The minimum atomic E-state index is -3.51. The summed E-state index contributed by atoms with van der Waals surface area (Å²) >= 11 is 5.89. The van der Waals surface area contributed by atoms with E-state index in [1.165, 1.54) is 7.11 Å². The van der Waals surface area contributed by atoms with E-state index in [1.807, 2.05) is 13.0 Å². The van der Waals surface area contributed by atoms with E-state index in [4.69, 9.17) is 16.3 Å². The fourth-order valence-corrected chi connectivity index (χ4v) is 3.22. The largest absolute Gasteiger partial charge is 0.383 e. The summed E-state index contributed by atoms with van der Waals surface area (Å²) in [5.41, 5.74) is 1.75. The number of nitrogens with one attached hydrogen (secondary N) is 1. The van der Waals surface area contributed by atoms with Crippen LogP contribution in [0.25, 0.3) is 0 Å². The first-order valence-electron chi connectivity index (χ1n) is 5.56. The lowest BCUT2D eigenvalue weighted by atomic mass is 10.2. The van der Waals surface area contributed by atoms with Crippen LogP contribution in [0.3, 0.4) is 0 Å². The highest BCUT2D eigenvalue weighted by atomic mass is 35.5. The second-order valence-corrected chi connectivity index (χ2v) is 6.53. The van der Waals surface area contributed by atoms with Crippen LogP contribution in [0.15, 0.2) is 23.1 Å². The minimum Gasteiger partial charge on any atom is -0.383 e. The fourth-order valence-electron chi connectivity index (χ4n) is 1.62. The molecular weight excluding hydrogens is 274 g/mol. The molecule has 18 heavy (non-hydrogen) atoms. The quantitative estimate of drug-likeness (QED) is 0.814. The molecule has 6 heteroatoms. The van der Waals surface area contributed by atoms with Crippen LogP contribution in [-0.2, 0) is 14.8 Å². The molecule has 0 aliphatic carbocycles. The molecule has 0 amide bonds. The first-order valence-corrected chi connectivity index (χ1v) is 7.48. The molecule has 0 aliphatic heterocycles. The van der Waals surface area contributed by atoms with Crippen molar-refractivity contribution in [1.82, 2.24) is 4.72 Å². The summed E-state index contributed by atoms with van der Waals surface area (Å²) in [4.78, 5) is 0.286. The average molecular weight is 292 g/mol. The van der Waals surface area contributed by atoms with Gasteiger partial charge in [0.25, 0.3) is 0 Å². The van der Waals surface area contributed by atoms with Crippen LogP contribution in [0.4, 0.5) is 0 Å². The molecule has 0 saturated carbocycles. The number of halogens is 1. The third-order valence-electron chi connectivity index (χ3n) is 2.46. The molecule has 1 unspecified atom stereocenters. The van der Waals surface area contributed by atoms with Gasteiger partial charge < -0.3 is 4.74 Å². The second kappa shape index (κ2) is 6.52. The Morgan fingerprint density at radius 1 is 1.39 bits per heavy atom. The van der Waals surface area contributed by atoms with Gasteiger partial charge in [-0.2, -0.15) is 0 Å². The maximum Gasteiger partial charge on any atom is 0.240 e. The molecule has 1 aromatic rings. The van der Waals surface area contributed by atoms with Crippen molar-refractivity contribution in [1.29, 1.82) is 0 Å². The van der Waals surface area contributed by atoms with Gasteiger partial charge in [-0.3, -0.25) is 0 Å². The van der Waals surface area contributed by atoms with Crippen molar-refractivity contribution in [2.45, 2.75) is 24.1 Å². The molecule has 0 spiro atoms. The number of methoxy groups -OCH3 is 1. The van der Waals surface area contributed by atoms with Gasteiger partial charge in [-0.15, -0.1) is 11.6 Å². The van der Waals surface area contributed by atoms with Gasteiger partial charge in [0.1, 0.15) is 0 Å². The zero-order valence-corrected chi connectivity index (χ0v) is 12.3. The molecule has 0 saturated heterocycles. The molecule has 0 radical (unpaired) electrons. The average Bonchev–Trinajstić information content (AvgIpc) is 2.26. The number of aryl methyl sites for hydroxylation is 2. The molecule has 1 atom stereocenters. The molecule has 1 N–H and O–H groups in total. The van der Waals surface area contributed by atoms with Gasteiger partial charge in [0, 0.05) is 13.7 Å². The summed E-state index contributed by atoms with van der Waals surface area (Å²) in [6.45, 7) is 4.14. The van der Waals surface area contributed by atoms with Crippen LogP contribution in [-0.4, -0.2) is 34.1 Å². The maximum absolute atomic E-state index is 12.1. The highest BCUT2D eigenvalue weighted by Gasteiger charge is 2.17. The van der Waals surface area contributed by atoms with Gasteiger partial charge in [-0.25, -0.2) is 13.1 Å². The Kier molecular flexibility index (Phi) is 5.59. The van der Waals surface area contributed by atoms with Gasteiger partial charge in [-0.1, -0.05) is 17.7 Å². The van der Waals surface area contributed by atoms with Gasteiger partial charge in [0.15, 0.2) is 0 Å². The molecule has 1 rings (SSSR count). The Hall–Kier alpha value is -0.620. The van der Waals surface area contributed by atoms with Crippen LogP contribution < -0.4 is 4.72 Å². The number of alkyl halides is 1. The van der Waals surface area contributed by atoms with Crippen molar-refractivity contribution >= 4 is 21.6 Å². The molecule has 1 aromatic carbocycles. The first-order chi connectivity index (χ1) is 8.36. The van der Waals surface area contributed by atoms with E-state index in [2.05, 4.69) is 4.72 Å². The van der Waals surface area contributed by atoms with E-state index >= 15 is 0 Å². The fraction of sp³-hybridized carbons (Fsp3) is 0.500. The minimum absolute atomic E-state index is 0.144. The van der Waals surface area contributed by atoms with Crippen molar-refractivity contribution in [3.63, 3.8) is 0 Å². The zero-order chi connectivity index (χ0) is 13.8. The highest BCUT2D eigenvalue weighted by Crippen LogP contribution is 2.16. The van der Waals surface area contributed by atoms with Crippen LogP contribution in [0, 0.1) is 13.8 Å². The highest BCUT2D eigenvalue weighted by molar-refractivity contribution is 7.89. The molecule has 0 aromatic heterocycles. The van der Waals surface area contributed by atoms with Gasteiger partial charge in [0.05, 0.1) is 16.9 Å². The standard InChI is InChI=1S/C12H18ClNO3S/c1-9-4-5-12(10(2)6-9)18(15,16)14-7-11(13)8-17-3/h4-6,11,14H,7-8H2,1-3H3. The van der Waals surface area contributed by atoms with Gasteiger partial charge in [-0.05, 0) is 25.5 Å². The van der Waals surface area contributed by atoms with E-state index in [9.17, 15) is 8.42 Å². The van der Waals surface area contributed by atoms with E-state index in [0.717, 1.165) is 11.1 Å². The maximum atomic E-state index is 12.1. The number of rotatable bonds is 6. The van der Waals surface area contributed by atoms with Crippen molar-refractivity contribution in [2.24, 2.45) is 0 Å². The third kappa shape index (κ3) is 4.24. The van der Waals surface area contributed by atoms with Crippen LogP contribution in [0.5, 0.6) is 0 Å². The van der Waals surface area contributed by atoms with Crippen molar-refractivity contribution in [3.8, 4) is 0 Å². The molecule has 4 nitrogen and oxygen atoms in total. The summed E-state index contributed by atoms with van der Waals surface area (Å²) in [6.07, 6.45) is 0. The Morgan fingerprint density at radius 3 is 2.61 bits per heavy atom. The van der Waals surface area contributed by atoms with Crippen LogP contribution >= 0.6 is 11.6 Å². The van der Waals surface area contributed by atoms with Gasteiger partial charge in [0.2, 0.25) is 10.0 Å². The summed E-state index contributed by atoms with van der Waals surface area (Å²) in [6, 6.07) is 5.21. The molecule has 102 valence electrons. The topological polar surface area (TPSA) is 55.4 Å². The number of benzene rings is 1. The Labute approximate surface area is 113 Å². The normalized spacial score (nSPS) is 13.6.